The number of nitrogens with zero attached hydrogens (tertiary/aromatic N) is 1. The van der Waals surface area contributed by atoms with Crippen LogP contribution in [0.15, 0.2) is 58.1 Å². The number of hydrogen-bond donors (Lipinski definition) is 3. The molecular weight excluding hydrogens is 455 g/mol. The van der Waals surface area contributed by atoms with E-state index in [1.54, 1.807) is 12.1 Å². The van der Waals surface area contributed by atoms with Crippen molar-refractivity contribution in [1.82, 2.24) is 16.0 Å². The number of benzene rings is 1. The van der Waals surface area contributed by atoms with Gasteiger partial charge >= 0.3 is 0 Å². The van der Waals surface area contributed by atoms with Gasteiger partial charge in [-0.1, -0.05) is 44.2 Å². The van der Waals surface area contributed by atoms with Gasteiger partial charge in [-0.25, -0.2) is 0 Å². The summed E-state index contributed by atoms with van der Waals surface area (Å²) in [7, 11) is 0. The molecule has 2 rings (SSSR count). The van der Waals surface area contributed by atoms with E-state index in [0.717, 1.165) is 12.5 Å². The molecule has 1 aromatic heterocycles. The molecule has 148 valence electrons. The first kappa shape index (κ1) is 23.0. The number of guanidine groups is 1. The van der Waals surface area contributed by atoms with E-state index in [1.165, 1.54) is 11.8 Å². The van der Waals surface area contributed by atoms with Crippen LogP contribution in [0, 0.1) is 0 Å². The second-order valence-corrected chi connectivity index (χ2v) is 6.61. The van der Waals surface area contributed by atoms with E-state index < -0.39 is 0 Å². The summed E-state index contributed by atoms with van der Waals surface area (Å²) in [6.45, 7) is 8.87. The molecule has 1 amide bonds. The van der Waals surface area contributed by atoms with Crippen molar-refractivity contribution in [3.63, 3.8) is 0 Å². The predicted octanol–water partition coefficient (Wildman–Crippen LogP) is 3.16. The highest BCUT2D eigenvalue weighted by Gasteiger charge is 2.20. The van der Waals surface area contributed by atoms with Crippen molar-refractivity contribution in [2.75, 3.05) is 26.2 Å². The summed E-state index contributed by atoms with van der Waals surface area (Å²) >= 11 is 0. The van der Waals surface area contributed by atoms with Gasteiger partial charge in [0, 0.05) is 25.0 Å². The Labute approximate surface area is 178 Å². The molecule has 0 bridgehead atoms. The smallest absolute Gasteiger partial charge is 0.287 e. The molecule has 27 heavy (non-hydrogen) atoms. The number of hydrogen-bond acceptors (Lipinski definition) is 3. The Morgan fingerprint density at radius 2 is 1.74 bits per heavy atom. The van der Waals surface area contributed by atoms with Gasteiger partial charge in [0.25, 0.3) is 5.91 Å². The Kier molecular flexibility index (Phi) is 9.92. The topological polar surface area (TPSA) is 78.7 Å². The number of rotatable bonds is 8. The summed E-state index contributed by atoms with van der Waals surface area (Å²) < 4.78 is 5.06. The van der Waals surface area contributed by atoms with Crippen LogP contribution in [0.3, 0.4) is 0 Å². The fourth-order valence-electron chi connectivity index (χ4n) is 2.45. The molecule has 1 heterocycles. The molecule has 0 aliphatic carbocycles. The fraction of sp³-hybridized carbons (Fsp3) is 0.400. The van der Waals surface area contributed by atoms with Crippen LogP contribution in [0.2, 0.25) is 0 Å². The van der Waals surface area contributed by atoms with Gasteiger partial charge < -0.3 is 20.4 Å². The van der Waals surface area contributed by atoms with Crippen LogP contribution in [0.25, 0.3) is 0 Å². The average Bonchev–Trinajstić information content (AvgIpc) is 3.18. The molecule has 7 heteroatoms. The van der Waals surface area contributed by atoms with Gasteiger partial charge in [-0.2, -0.15) is 0 Å². The van der Waals surface area contributed by atoms with Crippen molar-refractivity contribution in [3.8, 4) is 0 Å². The minimum absolute atomic E-state index is 0. The lowest BCUT2D eigenvalue weighted by molar-refractivity contribution is 0.0926. The van der Waals surface area contributed by atoms with E-state index in [0.29, 0.717) is 25.4 Å². The van der Waals surface area contributed by atoms with E-state index in [2.05, 4.69) is 41.9 Å². The standard InChI is InChI=1S/C20H28N4O2.HI/c1-4-21-19(23-13-12-22-18(25)17-11-8-14-26-17)24-15-20(2,3)16-9-6-5-7-10-16;/h5-11,14H,4,12-13,15H2,1-3H3,(H,22,25)(H2,21,23,24);1H. The second kappa shape index (κ2) is 11.6. The molecule has 0 spiro atoms. The number of nitrogens with one attached hydrogen (secondary N) is 3. The Hall–Kier alpha value is -2.03. The van der Waals surface area contributed by atoms with E-state index in [4.69, 9.17) is 9.41 Å². The maximum absolute atomic E-state index is 11.8. The van der Waals surface area contributed by atoms with Gasteiger partial charge in [-0.15, -0.1) is 24.0 Å². The maximum atomic E-state index is 11.8. The molecule has 0 fully saturated rings. The highest BCUT2D eigenvalue weighted by molar-refractivity contribution is 14.0. The molecule has 0 atom stereocenters. The SMILES string of the molecule is CCNC(=NCC(C)(C)c1ccccc1)NCCNC(=O)c1ccco1.I. The lowest BCUT2D eigenvalue weighted by Crippen LogP contribution is -2.42. The van der Waals surface area contributed by atoms with E-state index in [1.807, 2.05) is 25.1 Å². The largest absolute Gasteiger partial charge is 0.459 e. The van der Waals surface area contributed by atoms with Crippen LogP contribution in [-0.2, 0) is 5.41 Å². The highest BCUT2D eigenvalue weighted by atomic mass is 127. The van der Waals surface area contributed by atoms with Gasteiger partial charge in [0.2, 0.25) is 0 Å². The number of aliphatic imine (C=N–C) groups is 1. The molecule has 2 aromatic rings. The highest BCUT2D eigenvalue weighted by Crippen LogP contribution is 2.22. The predicted molar refractivity (Wildman–Crippen MR) is 120 cm³/mol. The number of carbonyl (C=O) groups is 1. The van der Waals surface area contributed by atoms with Crippen LogP contribution in [-0.4, -0.2) is 38.0 Å². The summed E-state index contributed by atoms with van der Waals surface area (Å²) in [6, 6.07) is 13.7. The van der Waals surface area contributed by atoms with E-state index >= 15 is 0 Å². The Bertz CT molecular complexity index is 700. The van der Waals surface area contributed by atoms with Gasteiger partial charge in [-0.3, -0.25) is 9.79 Å². The lowest BCUT2D eigenvalue weighted by Gasteiger charge is -2.24. The van der Waals surface area contributed by atoms with Crippen LogP contribution >= 0.6 is 24.0 Å². The molecule has 0 saturated carbocycles. The Balaban J connectivity index is 0.00000364. The van der Waals surface area contributed by atoms with Crippen molar-refractivity contribution in [1.29, 1.82) is 0 Å². The van der Waals surface area contributed by atoms with Crippen molar-refractivity contribution < 1.29 is 9.21 Å². The van der Waals surface area contributed by atoms with Crippen LogP contribution in [0.4, 0.5) is 0 Å². The lowest BCUT2D eigenvalue weighted by atomic mass is 9.85. The third kappa shape index (κ3) is 7.62. The summed E-state index contributed by atoms with van der Waals surface area (Å²) in [5.74, 6) is 0.836. The maximum Gasteiger partial charge on any atom is 0.287 e. The fourth-order valence-corrected chi connectivity index (χ4v) is 2.45. The molecule has 6 nitrogen and oxygen atoms in total. The third-order valence-corrected chi connectivity index (χ3v) is 3.98. The van der Waals surface area contributed by atoms with Gasteiger partial charge in [0.15, 0.2) is 11.7 Å². The molecule has 3 N–H and O–H groups in total. The van der Waals surface area contributed by atoms with Crippen molar-refractivity contribution >= 4 is 35.8 Å². The van der Waals surface area contributed by atoms with Gasteiger partial charge in [0.1, 0.15) is 0 Å². The van der Waals surface area contributed by atoms with Crippen molar-refractivity contribution in [3.05, 3.63) is 60.1 Å². The molecule has 0 aliphatic heterocycles. The summed E-state index contributed by atoms with van der Waals surface area (Å²) in [6.07, 6.45) is 1.48. The van der Waals surface area contributed by atoms with Crippen LogP contribution in [0.1, 0.15) is 36.9 Å². The monoisotopic (exact) mass is 484 g/mol. The third-order valence-electron chi connectivity index (χ3n) is 3.98. The summed E-state index contributed by atoms with van der Waals surface area (Å²) in [5.41, 5.74) is 1.20. The van der Waals surface area contributed by atoms with Crippen molar-refractivity contribution in [2.24, 2.45) is 4.99 Å². The first-order valence-corrected chi connectivity index (χ1v) is 8.92. The molecule has 0 radical (unpaired) electrons. The molecule has 0 aliphatic rings. The quantitative estimate of drug-likeness (QED) is 0.233. The Morgan fingerprint density at radius 3 is 2.37 bits per heavy atom. The van der Waals surface area contributed by atoms with Gasteiger partial charge in [0.05, 0.1) is 12.8 Å². The number of amides is 1. The first-order valence-electron chi connectivity index (χ1n) is 8.92. The van der Waals surface area contributed by atoms with Crippen LogP contribution in [0.5, 0.6) is 0 Å². The Morgan fingerprint density at radius 1 is 1.04 bits per heavy atom. The van der Waals surface area contributed by atoms with Crippen molar-refractivity contribution in [2.45, 2.75) is 26.2 Å². The second-order valence-electron chi connectivity index (χ2n) is 6.61. The minimum atomic E-state index is -0.219. The van der Waals surface area contributed by atoms with E-state index in [-0.39, 0.29) is 35.3 Å². The number of carbonyl (C=O) groups excluding carboxylic acids is 1. The zero-order valence-electron chi connectivity index (χ0n) is 16.1. The summed E-state index contributed by atoms with van der Waals surface area (Å²) in [4.78, 5) is 16.5. The first-order chi connectivity index (χ1) is 12.5. The van der Waals surface area contributed by atoms with Gasteiger partial charge in [-0.05, 0) is 24.6 Å². The average molecular weight is 484 g/mol. The molecule has 0 unspecified atom stereocenters. The molecular formula is C20H29IN4O2. The molecule has 0 saturated heterocycles. The van der Waals surface area contributed by atoms with E-state index in [9.17, 15) is 4.79 Å². The molecule has 1 aromatic carbocycles. The minimum Gasteiger partial charge on any atom is -0.459 e. The summed E-state index contributed by atoms with van der Waals surface area (Å²) in [5, 5.41) is 9.27. The zero-order valence-corrected chi connectivity index (χ0v) is 18.4. The van der Waals surface area contributed by atoms with Crippen LogP contribution < -0.4 is 16.0 Å². The normalized spacial score (nSPS) is 11.4. The number of halogens is 1. The number of furan rings is 1. The zero-order chi connectivity index (χ0) is 18.8.